The van der Waals surface area contributed by atoms with Crippen LogP contribution in [0.25, 0.3) is 0 Å². The Kier molecular flexibility index (Phi) is 4.50. The van der Waals surface area contributed by atoms with Crippen LogP contribution in [0.5, 0.6) is 0 Å². The summed E-state index contributed by atoms with van der Waals surface area (Å²) in [5.41, 5.74) is 0.253. The van der Waals surface area contributed by atoms with Crippen molar-refractivity contribution in [3.8, 4) is 0 Å². The van der Waals surface area contributed by atoms with Crippen molar-refractivity contribution in [2.24, 2.45) is 5.41 Å². The summed E-state index contributed by atoms with van der Waals surface area (Å²) in [6, 6.07) is 0. The van der Waals surface area contributed by atoms with Gasteiger partial charge in [-0.05, 0) is 24.7 Å². The van der Waals surface area contributed by atoms with Crippen molar-refractivity contribution >= 4 is 17.7 Å². The van der Waals surface area contributed by atoms with Crippen molar-refractivity contribution in [3.05, 3.63) is 5.82 Å². The molecule has 1 aliphatic carbocycles. The molecule has 1 saturated carbocycles. The summed E-state index contributed by atoms with van der Waals surface area (Å²) in [5, 5.41) is 10.7. The summed E-state index contributed by atoms with van der Waals surface area (Å²) in [5.74, 6) is 1.97. The first-order valence-corrected chi connectivity index (χ1v) is 7.74. The third-order valence-electron chi connectivity index (χ3n) is 2.98. The normalized spacial score (nSPS) is 15.5. The van der Waals surface area contributed by atoms with E-state index >= 15 is 0 Å². The predicted octanol–water partition coefficient (Wildman–Crippen LogP) is 2.33. The monoisotopic (exact) mass is 282 g/mol. The average Bonchev–Trinajstić information content (AvgIpc) is 3.05. The van der Waals surface area contributed by atoms with Crippen molar-refractivity contribution < 1.29 is 4.79 Å². The Balaban J connectivity index is 1.65. The molecule has 0 bridgehead atoms. The van der Waals surface area contributed by atoms with Crippen LogP contribution in [0.4, 0.5) is 0 Å². The predicted molar refractivity (Wildman–Crippen MR) is 76.2 cm³/mol. The van der Waals surface area contributed by atoms with Crippen LogP contribution in [0.1, 0.15) is 51.8 Å². The smallest absolute Gasteiger partial charge is 0.230 e. The third kappa shape index (κ3) is 5.22. The van der Waals surface area contributed by atoms with Crippen molar-refractivity contribution in [1.29, 1.82) is 0 Å². The minimum Gasteiger partial charge on any atom is -0.355 e. The summed E-state index contributed by atoms with van der Waals surface area (Å²) in [4.78, 5) is 16.0. The summed E-state index contributed by atoms with van der Waals surface area (Å²) in [6.45, 7) is 7.23. The summed E-state index contributed by atoms with van der Waals surface area (Å²) in [6.07, 6.45) is 3.38. The molecule has 1 aliphatic rings. The van der Waals surface area contributed by atoms with Crippen molar-refractivity contribution in [2.45, 2.75) is 51.1 Å². The Morgan fingerprint density at radius 2 is 2.21 bits per heavy atom. The number of aromatic amines is 1. The van der Waals surface area contributed by atoms with E-state index in [1.807, 2.05) is 0 Å². The quantitative estimate of drug-likeness (QED) is 0.786. The largest absolute Gasteiger partial charge is 0.355 e. The van der Waals surface area contributed by atoms with Gasteiger partial charge < -0.3 is 5.32 Å². The first kappa shape index (κ1) is 14.4. The molecule has 0 spiro atoms. The summed E-state index contributed by atoms with van der Waals surface area (Å²) >= 11 is 1.39. The van der Waals surface area contributed by atoms with Crippen molar-refractivity contribution in [1.82, 2.24) is 20.5 Å². The number of nitrogens with one attached hydrogen (secondary N) is 2. The van der Waals surface area contributed by atoms with E-state index < -0.39 is 0 Å². The maximum absolute atomic E-state index is 11.7. The number of amides is 1. The molecule has 2 N–H and O–H groups in total. The molecule has 19 heavy (non-hydrogen) atoms. The lowest BCUT2D eigenvalue weighted by Crippen LogP contribution is -2.28. The maximum Gasteiger partial charge on any atom is 0.230 e. The van der Waals surface area contributed by atoms with Crippen LogP contribution in [-0.4, -0.2) is 33.4 Å². The van der Waals surface area contributed by atoms with Crippen LogP contribution < -0.4 is 5.32 Å². The molecule has 1 heterocycles. The number of hydrogen-bond acceptors (Lipinski definition) is 4. The SMILES string of the molecule is CC(C)(C)CCNC(=O)CSc1n[nH]c(C2CC2)n1. The highest BCUT2D eigenvalue weighted by Crippen LogP contribution is 2.38. The van der Waals surface area contributed by atoms with E-state index in [1.165, 1.54) is 24.6 Å². The van der Waals surface area contributed by atoms with E-state index in [1.54, 1.807) is 0 Å². The minimum absolute atomic E-state index is 0.0482. The Morgan fingerprint density at radius 3 is 2.84 bits per heavy atom. The Morgan fingerprint density at radius 1 is 1.47 bits per heavy atom. The fourth-order valence-electron chi connectivity index (χ4n) is 1.62. The molecular formula is C13H22N4OS. The first-order chi connectivity index (χ1) is 8.94. The third-order valence-corrected chi connectivity index (χ3v) is 3.82. The molecule has 0 aromatic carbocycles. The molecule has 1 aromatic heterocycles. The van der Waals surface area contributed by atoms with Gasteiger partial charge in [-0.25, -0.2) is 4.98 Å². The lowest BCUT2D eigenvalue weighted by Gasteiger charge is -2.17. The number of carbonyl (C=O) groups excluding carboxylic acids is 1. The van der Waals surface area contributed by atoms with Crippen LogP contribution >= 0.6 is 11.8 Å². The van der Waals surface area contributed by atoms with Gasteiger partial charge in [0.1, 0.15) is 5.82 Å². The molecule has 2 rings (SSSR count). The van der Waals surface area contributed by atoms with E-state index in [2.05, 4.69) is 41.3 Å². The van der Waals surface area contributed by atoms with Gasteiger partial charge in [-0.1, -0.05) is 32.5 Å². The van der Waals surface area contributed by atoms with E-state index in [0.717, 1.165) is 18.8 Å². The van der Waals surface area contributed by atoms with Gasteiger partial charge in [0.25, 0.3) is 0 Å². The second-order valence-electron chi connectivity index (χ2n) is 6.23. The van der Waals surface area contributed by atoms with Crippen molar-refractivity contribution in [2.75, 3.05) is 12.3 Å². The molecular weight excluding hydrogens is 260 g/mol. The zero-order valence-corrected chi connectivity index (χ0v) is 12.6. The van der Waals surface area contributed by atoms with E-state index in [9.17, 15) is 4.79 Å². The zero-order valence-electron chi connectivity index (χ0n) is 11.8. The molecule has 0 atom stereocenters. The van der Waals surface area contributed by atoms with Gasteiger partial charge in [0.15, 0.2) is 0 Å². The van der Waals surface area contributed by atoms with Gasteiger partial charge in [0, 0.05) is 12.5 Å². The molecule has 1 fully saturated rings. The molecule has 0 saturated heterocycles. The van der Waals surface area contributed by atoms with Gasteiger partial charge in [0.2, 0.25) is 11.1 Å². The van der Waals surface area contributed by atoms with Gasteiger partial charge >= 0.3 is 0 Å². The van der Waals surface area contributed by atoms with E-state index in [0.29, 0.717) is 16.8 Å². The number of rotatable bonds is 6. The highest BCUT2D eigenvalue weighted by Gasteiger charge is 2.27. The molecule has 0 unspecified atom stereocenters. The Labute approximate surface area is 118 Å². The summed E-state index contributed by atoms with van der Waals surface area (Å²) < 4.78 is 0. The molecule has 0 aliphatic heterocycles. The fourth-order valence-corrected chi connectivity index (χ4v) is 2.26. The molecule has 1 aromatic rings. The van der Waals surface area contributed by atoms with Crippen LogP contribution in [0.3, 0.4) is 0 Å². The lowest BCUT2D eigenvalue weighted by atomic mass is 9.92. The Hall–Kier alpha value is -1.04. The Bertz CT molecular complexity index is 434. The number of hydrogen-bond donors (Lipinski definition) is 2. The number of aromatic nitrogens is 3. The molecule has 0 radical (unpaired) electrons. The zero-order chi connectivity index (χ0) is 13.9. The van der Waals surface area contributed by atoms with Crippen LogP contribution in [0, 0.1) is 5.41 Å². The van der Waals surface area contributed by atoms with Gasteiger partial charge in [-0.3, -0.25) is 9.89 Å². The van der Waals surface area contributed by atoms with Crippen LogP contribution in [-0.2, 0) is 4.79 Å². The van der Waals surface area contributed by atoms with Crippen LogP contribution in [0.15, 0.2) is 5.16 Å². The summed E-state index contributed by atoms with van der Waals surface area (Å²) in [7, 11) is 0. The first-order valence-electron chi connectivity index (χ1n) is 6.76. The van der Waals surface area contributed by atoms with Gasteiger partial charge in [0.05, 0.1) is 5.75 Å². The second kappa shape index (κ2) is 5.94. The number of H-pyrrole nitrogens is 1. The second-order valence-corrected chi connectivity index (χ2v) is 7.17. The molecule has 106 valence electrons. The highest BCUT2D eigenvalue weighted by molar-refractivity contribution is 7.99. The molecule has 5 nitrogen and oxygen atoms in total. The van der Waals surface area contributed by atoms with Crippen molar-refractivity contribution in [3.63, 3.8) is 0 Å². The number of thioether (sulfide) groups is 1. The number of carbonyl (C=O) groups is 1. The minimum atomic E-state index is 0.0482. The standard InChI is InChI=1S/C13H22N4OS/c1-13(2,3)6-7-14-10(18)8-19-12-15-11(16-17-12)9-4-5-9/h9H,4-8H2,1-3H3,(H,14,18)(H,15,16,17). The average molecular weight is 282 g/mol. The van der Waals surface area contributed by atoms with Crippen LogP contribution in [0.2, 0.25) is 0 Å². The molecule has 6 heteroatoms. The van der Waals surface area contributed by atoms with Gasteiger partial charge in [-0.15, -0.1) is 5.10 Å². The lowest BCUT2D eigenvalue weighted by molar-refractivity contribution is -0.118. The molecule has 1 amide bonds. The number of nitrogens with zero attached hydrogens (tertiary/aromatic N) is 2. The fraction of sp³-hybridized carbons (Fsp3) is 0.769. The topological polar surface area (TPSA) is 70.7 Å². The van der Waals surface area contributed by atoms with E-state index in [-0.39, 0.29) is 11.3 Å². The van der Waals surface area contributed by atoms with Gasteiger partial charge in [-0.2, -0.15) is 0 Å². The maximum atomic E-state index is 11.7. The van der Waals surface area contributed by atoms with E-state index in [4.69, 9.17) is 0 Å². The highest BCUT2D eigenvalue weighted by atomic mass is 32.2.